The predicted molar refractivity (Wildman–Crippen MR) is 235 cm³/mol. The van der Waals surface area contributed by atoms with Crippen LogP contribution in [0.4, 0.5) is 0 Å². The van der Waals surface area contributed by atoms with Crippen molar-refractivity contribution >= 4 is 57.9 Å². The molecule has 2 unspecified atom stereocenters. The zero-order valence-electron chi connectivity index (χ0n) is 33.0. The fraction of sp³-hybridized carbons (Fsp3) is 0.250. The Bertz CT molecular complexity index is 2240. The zero-order valence-corrected chi connectivity index (χ0v) is 36.0. The van der Waals surface area contributed by atoms with Gasteiger partial charge >= 0.3 is 0 Å². The highest BCUT2D eigenvalue weighted by Gasteiger charge is 2.50. The van der Waals surface area contributed by atoms with E-state index >= 15 is 0 Å². The van der Waals surface area contributed by atoms with E-state index in [1.165, 1.54) is 66.0 Å². The van der Waals surface area contributed by atoms with E-state index in [-0.39, 0.29) is 11.1 Å². The lowest BCUT2D eigenvalue weighted by Gasteiger charge is -2.39. The highest BCUT2D eigenvalue weighted by Crippen LogP contribution is 2.58. The molecule has 2 aliphatic carbocycles. The lowest BCUT2D eigenvalue weighted by molar-refractivity contribution is 0.519. The molecule has 8 rings (SSSR count). The summed E-state index contributed by atoms with van der Waals surface area (Å²) >= 11 is 0. The van der Waals surface area contributed by atoms with Crippen LogP contribution < -0.4 is 10.4 Å². The Morgan fingerprint density at radius 1 is 0.434 bits per heavy atom. The molecule has 268 valence electrons. The van der Waals surface area contributed by atoms with Crippen LogP contribution in [0.1, 0.15) is 56.4 Å². The van der Waals surface area contributed by atoms with Crippen LogP contribution in [0.3, 0.4) is 0 Å². The van der Waals surface area contributed by atoms with Gasteiger partial charge in [0.1, 0.15) is 23.0 Å². The van der Waals surface area contributed by atoms with Gasteiger partial charge in [0.25, 0.3) is 0 Å². The van der Waals surface area contributed by atoms with E-state index in [0.717, 1.165) is 23.0 Å². The smallest absolute Gasteiger partial charge is 0.130 e. The first kappa shape index (κ1) is 35.6. The lowest BCUT2D eigenvalue weighted by Crippen LogP contribution is -2.42. The molecule has 0 amide bonds. The Kier molecular flexibility index (Phi) is 8.64. The van der Waals surface area contributed by atoms with Crippen molar-refractivity contribution < 1.29 is 8.83 Å². The molecule has 6 aromatic rings. The molecule has 0 N–H and O–H groups in total. The van der Waals surface area contributed by atoms with Gasteiger partial charge < -0.3 is 8.83 Å². The second-order valence-electron chi connectivity index (χ2n) is 18.0. The van der Waals surface area contributed by atoms with Crippen molar-refractivity contribution in [1.82, 2.24) is 0 Å². The SMILES string of the molecule is Cc1ccc(C2=Cc3c(-c4ccc([Si](C)(C)C)cc4)cccc3C2[Si](C)(C)C2C(c3ccc(C)o3)=Cc3c(-c4ccc([Si](C)(C)C)cc4)cccc32)o1. The van der Waals surface area contributed by atoms with Crippen LogP contribution in [0.5, 0.6) is 0 Å². The minimum Gasteiger partial charge on any atom is -0.462 e. The summed E-state index contributed by atoms with van der Waals surface area (Å²) in [6.07, 6.45) is 4.92. The van der Waals surface area contributed by atoms with Crippen molar-refractivity contribution in [2.75, 3.05) is 0 Å². The molecular weight excluding hydrogens is 693 g/mol. The third-order valence-electron chi connectivity index (χ3n) is 11.8. The molecule has 2 heterocycles. The molecule has 0 radical (unpaired) electrons. The molecule has 0 saturated carbocycles. The minimum absolute atomic E-state index is 0.208. The highest BCUT2D eigenvalue weighted by molar-refractivity contribution is 6.89. The molecule has 2 nitrogen and oxygen atoms in total. The molecule has 0 aliphatic heterocycles. The van der Waals surface area contributed by atoms with Gasteiger partial charge in [-0.05, 0) is 94.8 Å². The van der Waals surface area contributed by atoms with Crippen molar-refractivity contribution in [3.8, 4) is 22.3 Å². The molecule has 2 aromatic heterocycles. The number of hydrogen-bond donors (Lipinski definition) is 0. The van der Waals surface area contributed by atoms with E-state index in [4.69, 9.17) is 8.83 Å². The highest BCUT2D eigenvalue weighted by atomic mass is 28.3. The summed E-state index contributed by atoms with van der Waals surface area (Å²) < 4.78 is 13.0. The normalized spacial score (nSPS) is 17.1. The van der Waals surface area contributed by atoms with E-state index in [0.29, 0.717) is 0 Å². The number of benzene rings is 4. The average molecular weight is 745 g/mol. The van der Waals surface area contributed by atoms with Crippen molar-refractivity contribution in [3.63, 3.8) is 0 Å². The quantitative estimate of drug-likeness (QED) is 0.145. The van der Waals surface area contributed by atoms with Gasteiger partial charge in [-0.15, -0.1) is 0 Å². The van der Waals surface area contributed by atoms with E-state index in [9.17, 15) is 0 Å². The van der Waals surface area contributed by atoms with Gasteiger partial charge in [-0.25, -0.2) is 0 Å². The van der Waals surface area contributed by atoms with Gasteiger partial charge in [0.05, 0.1) is 24.2 Å². The van der Waals surface area contributed by atoms with E-state index < -0.39 is 24.2 Å². The maximum absolute atomic E-state index is 6.51. The Morgan fingerprint density at radius 2 is 0.811 bits per heavy atom. The summed E-state index contributed by atoms with van der Waals surface area (Å²) in [5, 5.41) is 2.97. The second-order valence-corrected chi connectivity index (χ2v) is 32.9. The Morgan fingerprint density at radius 3 is 1.13 bits per heavy atom. The first-order valence-electron chi connectivity index (χ1n) is 19.2. The van der Waals surface area contributed by atoms with Crippen molar-refractivity contribution in [2.45, 2.75) is 77.3 Å². The number of fused-ring (bicyclic) bond motifs is 2. The molecule has 0 spiro atoms. The molecule has 0 saturated heterocycles. The molecule has 4 aromatic carbocycles. The van der Waals surface area contributed by atoms with Gasteiger partial charge in [0.2, 0.25) is 0 Å². The Labute approximate surface area is 319 Å². The Balaban J connectivity index is 1.30. The summed E-state index contributed by atoms with van der Waals surface area (Å²) in [6.45, 7) is 23.8. The third-order valence-corrected chi connectivity index (χ3v) is 20.1. The van der Waals surface area contributed by atoms with Gasteiger partial charge in [-0.3, -0.25) is 0 Å². The zero-order chi connectivity index (χ0) is 37.4. The van der Waals surface area contributed by atoms with Crippen molar-refractivity contribution in [1.29, 1.82) is 0 Å². The standard InChI is InChI=1S/C48H52O2Si3/c1-31-17-27-45(49-31)43-29-41-37(33-19-23-35(24-20-33)51(3,4)5)13-11-15-39(41)47(43)53(9,10)48-40-16-12-14-38(34-21-25-36(26-22-34)52(6,7)8)42(40)30-44(48)46-28-18-32(2)50-46/h11-30,47-48H,1-10H3. The first-order chi connectivity index (χ1) is 25.1. The fourth-order valence-corrected chi connectivity index (χ4v) is 15.8. The number of furan rings is 2. The summed E-state index contributed by atoms with van der Waals surface area (Å²) in [7, 11) is -5.19. The topological polar surface area (TPSA) is 26.3 Å². The molecule has 5 heteroatoms. The number of rotatable bonds is 8. The maximum Gasteiger partial charge on any atom is 0.130 e. The molecule has 2 atom stereocenters. The number of allylic oxidation sites excluding steroid dienone is 2. The van der Waals surface area contributed by atoms with Gasteiger partial charge in [0, 0.05) is 22.2 Å². The molecule has 53 heavy (non-hydrogen) atoms. The van der Waals surface area contributed by atoms with Gasteiger partial charge in [0.15, 0.2) is 0 Å². The van der Waals surface area contributed by atoms with Gasteiger partial charge in [-0.1, -0.05) is 148 Å². The lowest BCUT2D eigenvalue weighted by atomic mass is 9.97. The van der Waals surface area contributed by atoms with Crippen LogP contribution in [-0.2, 0) is 0 Å². The van der Waals surface area contributed by atoms with Crippen LogP contribution in [0.15, 0.2) is 118 Å². The average Bonchev–Trinajstić information content (AvgIpc) is 3.91. The van der Waals surface area contributed by atoms with Gasteiger partial charge in [-0.2, -0.15) is 0 Å². The summed E-state index contributed by atoms with van der Waals surface area (Å²) in [5.74, 6) is 3.86. The van der Waals surface area contributed by atoms with Crippen LogP contribution in [0.25, 0.3) is 45.6 Å². The number of hydrogen-bond acceptors (Lipinski definition) is 2. The predicted octanol–water partition coefficient (Wildman–Crippen LogP) is 12.7. The van der Waals surface area contributed by atoms with Crippen molar-refractivity contribution in [2.24, 2.45) is 0 Å². The maximum atomic E-state index is 6.51. The molecular formula is C48H52O2Si3. The first-order valence-corrected chi connectivity index (χ1v) is 29.3. The molecule has 0 bridgehead atoms. The molecule has 0 fully saturated rings. The second kappa shape index (κ2) is 12.9. The largest absolute Gasteiger partial charge is 0.462 e. The van der Waals surface area contributed by atoms with E-state index in [2.05, 4.69) is 188 Å². The van der Waals surface area contributed by atoms with Crippen LogP contribution in [0.2, 0.25) is 52.4 Å². The van der Waals surface area contributed by atoms with E-state index in [1.807, 2.05) is 0 Å². The summed E-state index contributed by atoms with van der Waals surface area (Å²) in [6, 6.07) is 41.4. The summed E-state index contributed by atoms with van der Waals surface area (Å²) in [4.78, 5) is 0. The Hall–Kier alpha value is -4.43. The van der Waals surface area contributed by atoms with Crippen molar-refractivity contribution in [3.05, 3.63) is 154 Å². The fourth-order valence-electron chi connectivity index (χ4n) is 8.98. The molecule has 2 aliphatic rings. The number of aryl methyl sites for hydroxylation is 2. The third kappa shape index (κ3) is 6.27. The summed E-state index contributed by atoms with van der Waals surface area (Å²) in [5.41, 5.74) is 13.7. The van der Waals surface area contributed by atoms with Crippen LogP contribution >= 0.6 is 0 Å². The minimum atomic E-state index is -2.37. The van der Waals surface area contributed by atoms with E-state index in [1.54, 1.807) is 0 Å². The monoisotopic (exact) mass is 744 g/mol. The van der Waals surface area contributed by atoms with Crippen LogP contribution in [-0.4, -0.2) is 24.2 Å². The van der Waals surface area contributed by atoms with Crippen LogP contribution in [0, 0.1) is 13.8 Å².